The number of carbonyl (C=O) groups is 2. The number of hydrogen-bond acceptors (Lipinski definition) is 3. The predicted molar refractivity (Wildman–Crippen MR) is 75.5 cm³/mol. The Morgan fingerprint density at radius 3 is 2.40 bits per heavy atom. The van der Waals surface area contributed by atoms with Crippen molar-refractivity contribution in [3.05, 3.63) is 0 Å². The zero-order valence-electron chi connectivity index (χ0n) is 12.3. The van der Waals surface area contributed by atoms with Gasteiger partial charge in [0.15, 0.2) is 0 Å². The van der Waals surface area contributed by atoms with Gasteiger partial charge in [0.1, 0.15) is 0 Å². The Bertz CT molecular complexity index is 367. The Morgan fingerprint density at radius 1 is 1.20 bits per heavy atom. The van der Waals surface area contributed by atoms with Crippen molar-refractivity contribution in [1.29, 1.82) is 0 Å². The third-order valence-corrected chi connectivity index (χ3v) is 4.71. The SMILES string of the molecule is CC1C(C(=O)O)CCN1C(=O)NCC1CCN(C)CC1. The molecule has 20 heavy (non-hydrogen) atoms. The zero-order chi connectivity index (χ0) is 14.7. The molecule has 2 unspecified atom stereocenters. The summed E-state index contributed by atoms with van der Waals surface area (Å²) >= 11 is 0. The van der Waals surface area contributed by atoms with E-state index in [1.807, 2.05) is 6.92 Å². The van der Waals surface area contributed by atoms with E-state index < -0.39 is 11.9 Å². The molecule has 2 atom stereocenters. The van der Waals surface area contributed by atoms with E-state index in [1.165, 1.54) is 0 Å². The number of nitrogens with one attached hydrogen (secondary N) is 1. The lowest BCUT2D eigenvalue weighted by Crippen LogP contribution is -2.46. The number of carboxylic acid groups (broad SMARTS) is 1. The van der Waals surface area contributed by atoms with Crippen LogP contribution in [0, 0.1) is 11.8 Å². The number of hydrogen-bond donors (Lipinski definition) is 2. The van der Waals surface area contributed by atoms with Crippen LogP contribution in [0.2, 0.25) is 0 Å². The second-order valence-electron chi connectivity index (χ2n) is 6.10. The second kappa shape index (κ2) is 6.43. The highest BCUT2D eigenvalue weighted by Crippen LogP contribution is 2.24. The molecule has 2 aliphatic rings. The van der Waals surface area contributed by atoms with Crippen LogP contribution in [0.1, 0.15) is 26.2 Å². The van der Waals surface area contributed by atoms with Gasteiger partial charge in [-0.1, -0.05) is 0 Å². The maximum Gasteiger partial charge on any atom is 0.317 e. The molecular weight excluding hydrogens is 258 g/mol. The molecular formula is C14H25N3O3. The molecule has 2 heterocycles. The summed E-state index contributed by atoms with van der Waals surface area (Å²) in [5.74, 6) is -0.685. The van der Waals surface area contributed by atoms with Gasteiger partial charge in [-0.25, -0.2) is 4.79 Å². The number of carbonyl (C=O) groups excluding carboxylic acids is 1. The molecule has 114 valence electrons. The Hall–Kier alpha value is -1.30. The van der Waals surface area contributed by atoms with Gasteiger partial charge in [-0.2, -0.15) is 0 Å². The summed E-state index contributed by atoms with van der Waals surface area (Å²) in [6, 6.07) is -0.329. The lowest BCUT2D eigenvalue weighted by atomic mass is 9.97. The van der Waals surface area contributed by atoms with Crippen LogP contribution in [0.3, 0.4) is 0 Å². The molecule has 2 saturated heterocycles. The number of rotatable bonds is 3. The third-order valence-electron chi connectivity index (χ3n) is 4.71. The summed E-state index contributed by atoms with van der Waals surface area (Å²) in [6.45, 7) is 5.23. The van der Waals surface area contributed by atoms with E-state index >= 15 is 0 Å². The molecule has 6 nitrogen and oxygen atoms in total. The maximum absolute atomic E-state index is 12.1. The minimum atomic E-state index is -0.803. The van der Waals surface area contributed by atoms with Crippen molar-refractivity contribution in [3.8, 4) is 0 Å². The highest BCUT2D eigenvalue weighted by Gasteiger charge is 2.38. The summed E-state index contributed by atoms with van der Waals surface area (Å²) in [7, 11) is 2.12. The van der Waals surface area contributed by atoms with Crippen LogP contribution >= 0.6 is 0 Å². The molecule has 2 fully saturated rings. The fourth-order valence-corrected chi connectivity index (χ4v) is 3.16. The summed E-state index contributed by atoms with van der Waals surface area (Å²) in [6.07, 6.45) is 2.78. The first-order valence-electron chi connectivity index (χ1n) is 7.45. The Morgan fingerprint density at radius 2 is 1.85 bits per heavy atom. The molecule has 0 aromatic rings. The fraction of sp³-hybridized carbons (Fsp3) is 0.857. The molecule has 2 rings (SSSR count). The highest BCUT2D eigenvalue weighted by molar-refractivity contribution is 5.78. The highest BCUT2D eigenvalue weighted by atomic mass is 16.4. The average molecular weight is 283 g/mol. The van der Waals surface area contributed by atoms with Crippen molar-refractivity contribution in [1.82, 2.24) is 15.1 Å². The van der Waals surface area contributed by atoms with Crippen molar-refractivity contribution in [2.75, 3.05) is 33.2 Å². The molecule has 2 amide bonds. The lowest BCUT2D eigenvalue weighted by Gasteiger charge is -2.30. The van der Waals surface area contributed by atoms with E-state index in [2.05, 4.69) is 17.3 Å². The third kappa shape index (κ3) is 3.42. The minimum absolute atomic E-state index is 0.111. The topological polar surface area (TPSA) is 72.9 Å². The van der Waals surface area contributed by atoms with Gasteiger partial charge >= 0.3 is 12.0 Å². The molecule has 0 bridgehead atoms. The number of aliphatic carboxylic acids is 1. The van der Waals surface area contributed by atoms with Crippen molar-refractivity contribution >= 4 is 12.0 Å². The van der Waals surface area contributed by atoms with Crippen molar-refractivity contribution in [3.63, 3.8) is 0 Å². The van der Waals surface area contributed by atoms with Gasteiger partial charge in [0.2, 0.25) is 0 Å². The molecule has 2 N–H and O–H groups in total. The van der Waals surface area contributed by atoms with E-state index in [-0.39, 0.29) is 12.1 Å². The first-order chi connectivity index (χ1) is 9.49. The lowest BCUT2D eigenvalue weighted by molar-refractivity contribution is -0.142. The maximum atomic E-state index is 12.1. The van der Waals surface area contributed by atoms with Crippen LogP contribution in [0.5, 0.6) is 0 Å². The summed E-state index contributed by atoms with van der Waals surface area (Å²) in [5, 5.41) is 12.1. The first kappa shape index (κ1) is 15.1. The number of piperidine rings is 1. The fourth-order valence-electron chi connectivity index (χ4n) is 3.16. The predicted octanol–water partition coefficient (Wildman–Crippen LogP) is 0.833. The standard InChI is InChI=1S/C14H25N3O3/c1-10-12(13(18)19)5-8-17(10)14(20)15-9-11-3-6-16(2)7-4-11/h10-12H,3-9H2,1-2H3,(H,15,20)(H,18,19). The number of amides is 2. The Kier molecular flexibility index (Phi) is 4.86. The summed E-state index contributed by atoms with van der Waals surface area (Å²) < 4.78 is 0. The quantitative estimate of drug-likeness (QED) is 0.805. The van der Waals surface area contributed by atoms with Gasteiger partial charge in [-0.05, 0) is 52.2 Å². The Balaban J connectivity index is 1.76. The number of nitrogens with zero attached hydrogens (tertiary/aromatic N) is 2. The summed E-state index contributed by atoms with van der Waals surface area (Å²) in [5.41, 5.74) is 0. The van der Waals surface area contributed by atoms with E-state index in [1.54, 1.807) is 4.90 Å². The van der Waals surface area contributed by atoms with Gasteiger partial charge in [-0.15, -0.1) is 0 Å². The van der Waals surface area contributed by atoms with Gasteiger partial charge in [0, 0.05) is 19.1 Å². The smallest absolute Gasteiger partial charge is 0.317 e. The molecule has 0 aromatic heterocycles. The summed E-state index contributed by atoms with van der Waals surface area (Å²) in [4.78, 5) is 27.2. The molecule has 6 heteroatoms. The molecule has 0 spiro atoms. The van der Waals surface area contributed by atoms with Crippen molar-refractivity contribution in [2.24, 2.45) is 11.8 Å². The first-order valence-corrected chi connectivity index (χ1v) is 7.45. The van der Waals surface area contributed by atoms with E-state index in [9.17, 15) is 9.59 Å². The molecule has 0 radical (unpaired) electrons. The number of likely N-dealkylation sites (tertiary alicyclic amines) is 2. The van der Waals surface area contributed by atoms with E-state index in [0.29, 0.717) is 25.4 Å². The minimum Gasteiger partial charge on any atom is -0.481 e. The second-order valence-corrected chi connectivity index (χ2v) is 6.10. The van der Waals surface area contributed by atoms with Gasteiger partial charge in [0.05, 0.1) is 5.92 Å². The monoisotopic (exact) mass is 283 g/mol. The number of urea groups is 1. The van der Waals surface area contributed by atoms with Crippen LogP contribution in [0.15, 0.2) is 0 Å². The van der Waals surface area contributed by atoms with E-state index in [0.717, 1.165) is 25.9 Å². The zero-order valence-corrected chi connectivity index (χ0v) is 12.3. The van der Waals surface area contributed by atoms with Crippen LogP contribution in [-0.4, -0.2) is 66.2 Å². The van der Waals surface area contributed by atoms with E-state index in [4.69, 9.17) is 5.11 Å². The largest absolute Gasteiger partial charge is 0.481 e. The van der Waals surface area contributed by atoms with Gasteiger partial charge in [0.25, 0.3) is 0 Å². The van der Waals surface area contributed by atoms with Crippen LogP contribution < -0.4 is 5.32 Å². The van der Waals surface area contributed by atoms with Crippen LogP contribution in [-0.2, 0) is 4.79 Å². The van der Waals surface area contributed by atoms with Crippen LogP contribution in [0.4, 0.5) is 4.79 Å². The average Bonchev–Trinajstić information content (AvgIpc) is 2.80. The molecule has 0 aromatic carbocycles. The number of carboxylic acids is 1. The molecule has 0 saturated carbocycles. The van der Waals surface area contributed by atoms with Crippen LogP contribution in [0.25, 0.3) is 0 Å². The van der Waals surface area contributed by atoms with Crippen molar-refractivity contribution < 1.29 is 14.7 Å². The van der Waals surface area contributed by atoms with Crippen molar-refractivity contribution in [2.45, 2.75) is 32.2 Å². The normalized spacial score (nSPS) is 28.6. The molecule has 2 aliphatic heterocycles. The Labute approximate surface area is 120 Å². The molecule has 0 aliphatic carbocycles. The van der Waals surface area contributed by atoms with Gasteiger partial charge in [-0.3, -0.25) is 4.79 Å². The van der Waals surface area contributed by atoms with Gasteiger partial charge < -0.3 is 20.2 Å².